The average Bonchev–Trinajstić information content (AvgIpc) is 2.73. The summed E-state index contributed by atoms with van der Waals surface area (Å²) in [6, 6.07) is 4.75. The molecule has 2 aromatic rings. The lowest BCUT2D eigenvalue weighted by atomic mass is 10.3. The van der Waals surface area contributed by atoms with Gasteiger partial charge in [0.1, 0.15) is 0 Å². The molecule has 0 bridgehead atoms. The van der Waals surface area contributed by atoms with Gasteiger partial charge in [-0.25, -0.2) is 0 Å². The van der Waals surface area contributed by atoms with Crippen LogP contribution in [-0.4, -0.2) is 10.2 Å². The van der Waals surface area contributed by atoms with Crippen molar-refractivity contribution in [3.8, 4) is 0 Å². The largest absolute Gasteiger partial charge is 0.445 e. The predicted octanol–water partition coefficient (Wildman–Crippen LogP) is 4.61. The Morgan fingerprint density at radius 2 is 1.89 bits per heavy atom. The predicted molar refractivity (Wildman–Crippen MR) is 64.7 cm³/mol. The van der Waals surface area contributed by atoms with E-state index < -0.39 is 11.2 Å². The van der Waals surface area contributed by atoms with E-state index in [9.17, 15) is 13.2 Å². The molecule has 0 saturated carbocycles. The van der Waals surface area contributed by atoms with Crippen LogP contribution in [0.5, 0.6) is 0 Å². The minimum atomic E-state index is -4.50. The zero-order valence-corrected chi connectivity index (χ0v) is 10.8. The van der Waals surface area contributed by atoms with Crippen LogP contribution in [0.1, 0.15) is 5.01 Å². The van der Waals surface area contributed by atoms with E-state index in [0.717, 1.165) is 0 Å². The summed E-state index contributed by atoms with van der Waals surface area (Å²) in [7, 11) is 0. The lowest BCUT2D eigenvalue weighted by Crippen LogP contribution is -2.03. The topological polar surface area (TPSA) is 37.8 Å². The van der Waals surface area contributed by atoms with Gasteiger partial charge in [-0.15, -0.1) is 10.2 Å². The van der Waals surface area contributed by atoms with Crippen LogP contribution in [-0.2, 0) is 6.18 Å². The summed E-state index contributed by atoms with van der Waals surface area (Å²) in [6.45, 7) is 0. The third kappa shape index (κ3) is 2.85. The Morgan fingerprint density at radius 3 is 2.50 bits per heavy atom. The summed E-state index contributed by atoms with van der Waals surface area (Å²) >= 11 is 12.0. The van der Waals surface area contributed by atoms with Crippen LogP contribution < -0.4 is 5.32 Å². The first-order chi connectivity index (χ1) is 8.38. The number of hydrogen-bond acceptors (Lipinski definition) is 4. The molecule has 1 N–H and O–H groups in total. The van der Waals surface area contributed by atoms with Gasteiger partial charge in [0.2, 0.25) is 10.1 Å². The lowest BCUT2D eigenvalue weighted by molar-refractivity contribution is -0.138. The fourth-order valence-electron chi connectivity index (χ4n) is 1.10. The molecule has 0 spiro atoms. The second-order valence-corrected chi connectivity index (χ2v) is 4.90. The Bertz CT molecular complexity index is 570. The van der Waals surface area contributed by atoms with Gasteiger partial charge in [-0.1, -0.05) is 40.6 Å². The summed E-state index contributed by atoms with van der Waals surface area (Å²) in [5.41, 5.74) is 0.369. The van der Waals surface area contributed by atoms with Gasteiger partial charge in [0.05, 0.1) is 15.7 Å². The quantitative estimate of drug-likeness (QED) is 0.880. The molecule has 1 aromatic heterocycles. The maximum absolute atomic E-state index is 12.3. The van der Waals surface area contributed by atoms with E-state index in [-0.39, 0.29) is 10.2 Å². The summed E-state index contributed by atoms with van der Waals surface area (Å²) in [5.74, 6) is 0. The third-order valence-corrected chi connectivity index (χ3v) is 3.56. The average molecular weight is 314 g/mol. The fourth-order valence-corrected chi connectivity index (χ4v) is 2.07. The van der Waals surface area contributed by atoms with E-state index in [4.69, 9.17) is 23.2 Å². The van der Waals surface area contributed by atoms with Gasteiger partial charge < -0.3 is 5.32 Å². The van der Waals surface area contributed by atoms with Crippen LogP contribution in [0.3, 0.4) is 0 Å². The summed E-state index contributed by atoms with van der Waals surface area (Å²) < 4.78 is 36.9. The molecule has 1 heterocycles. The second kappa shape index (κ2) is 4.91. The van der Waals surface area contributed by atoms with Gasteiger partial charge in [-0.05, 0) is 12.1 Å². The molecule has 9 heteroatoms. The molecular weight excluding hydrogens is 310 g/mol. The van der Waals surface area contributed by atoms with Gasteiger partial charge >= 0.3 is 6.18 Å². The first kappa shape index (κ1) is 13.4. The molecule has 0 aliphatic heterocycles. The van der Waals surface area contributed by atoms with Crippen molar-refractivity contribution < 1.29 is 13.2 Å². The van der Waals surface area contributed by atoms with Crippen molar-refractivity contribution in [2.45, 2.75) is 6.18 Å². The first-order valence-electron chi connectivity index (χ1n) is 4.49. The molecule has 0 amide bonds. The smallest absolute Gasteiger partial charge is 0.329 e. The number of rotatable bonds is 2. The van der Waals surface area contributed by atoms with Crippen LogP contribution in [0.15, 0.2) is 18.2 Å². The zero-order valence-electron chi connectivity index (χ0n) is 8.42. The van der Waals surface area contributed by atoms with Crippen molar-refractivity contribution in [2.24, 2.45) is 0 Å². The number of halogens is 5. The van der Waals surface area contributed by atoms with Crippen molar-refractivity contribution in [3.05, 3.63) is 33.3 Å². The second-order valence-electron chi connectivity index (χ2n) is 3.14. The van der Waals surface area contributed by atoms with Crippen molar-refractivity contribution >= 4 is 45.4 Å². The first-order valence-corrected chi connectivity index (χ1v) is 6.07. The molecular formula is C9H4Cl2F3N3S. The van der Waals surface area contributed by atoms with E-state index in [1.54, 1.807) is 18.2 Å². The van der Waals surface area contributed by atoms with Crippen LogP contribution in [0.25, 0.3) is 0 Å². The molecule has 1 aromatic carbocycles. The van der Waals surface area contributed by atoms with E-state index >= 15 is 0 Å². The van der Waals surface area contributed by atoms with Gasteiger partial charge in [0, 0.05) is 0 Å². The summed E-state index contributed by atoms with van der Waals surface area (Å²) in [6.07, 6.45) is -4.50. The Labute approximate surface area is 114 Å². The Morgan fingerprint density at radius 1 is 1.17 bits per heavy atom. The molecule has 0 fully saturated rings. The maximum Gasteiger partial charge on any atom is 0.445 e. The highest BCUT2D eigenvalue weighted by Gasteiger charge is 2.35. The molecule has 0 aliphatic carbocycles. The molecule has 96 valence electrons. The van der Waals surface area contributed by atoms with Crippen molar-refractivity contribution in [3.63, 3.8) is 0 Å². The van der Waals surface area contributed by atoms with Crippen LogP contribution in [0, 0.1) is 0 Å². The van der Waals surface area contributed by atoms with Crippen LogP contribution >= 0.6 is 34.5 Å². The Kier molecular flexibility index (Phi) is 3.65. The number of nitrogens with one attached hydrogen (secondary N) is 1. The molecule has 2 rings (SSSR count). The maximum atomic E-state index is 12.3. The fraction of sp³-hybridized carbons (Fsp3) is 0.111. The molecule has 0 atom stereocenters. The number of aromatic nitrogens is 2. The number of nitrogens with zero attached hydrogens (tertiary/aromatic N) is 2. The van der Waals surface area contributed by atoms with E-state index in [2.05, 4.69) is 15.5 Å². The monoisotopic (exact) mass is 313 g/mol. The Hall–Kier alpha value is -1.05. The van der Waals surface area contributed by atoms with Crippen molar-refractivity contribution in [1.82, 2.24) is 10.2 Å². The number of hydrogen-bond donors (Lipinski definition) is 1. The number of alkyl halides is 3. The molecule has 0 unspecified atom stereocenters. The summed E-state index contributed by atoms with van der Waals surface area (Å²) in [4.78, 5) is 0. The molecule has 0 saturated heterocycles. The van der Waals surface area contributed by atoms with Crippen molar-refractivity contribution in [1.29, 1.82) is 0 Å². The van der Waals surface area contributed by atoms with Crippen LogP contribution in [0.4, 0.5) is 24.0 Å². The SMILES string of the molecule is FC(F)(F)c1nnc(Nc2cccc(Cl)c2Cl)s1. The number of benzene rings is 1. The van der Waals surface area contributed by atoms with Gasteiger partial charge in [0.25, 0.3) is 0 Å². The minimum Gasteiger partial charge on any atom is -0.329 e. The lowest BCUT2D eigenvalue weighted by Gasteiger charge is -2.05. The van der Waals surface area contributed by atoms with E-state index in [1.807, 2.05) is 0 Å². The molecule has 18 heavy (non-hydrogen) atoms. The standard InChI is InChI=1S/C9H4Cl2F3N3S/c10-4-2-1-3-5(6(4)11)15-8-17-16-7(18-8)9(12,13)14/h1-3H,(H,15,17). The summed E-state index contributed by atoms with van der Waals surface area (Å²) in [5, 5.41) is 8.53. The molecule has 3 nitrogen and oxygen atoms in total. The highest BCUT2D eigenvalue weighted by atomic mass is 35.5. The molecule has 0 radical (unpaired) electrons. The zero-order chi connectivity index (χ0) is 13.3. The normalized spacial score (nSPS) is 11.6. The van der Waals surface area contributed by atoms with E-state index in [0.29, 0.717) is 22.0 Å². The Balaban J connectivity index is 2.24. The van der Waals surface area contributed by atoms with Gasteiger partial charge in [-0.2, -0.15) is 13.2 Å². The minimum absolute atomic E-state index is 0.00788. The number of anilines is 2. The van der Waals surface area contributed by atoms with E-state index in [1.165, 1.54) is 0 Å². The van der Waals surface area contributed by atoms with Gasteiger partial charge in [-0.3, -0.25) is 0 Å². The molecule has 0 aliphatic rings. The highest BCUT2D eigenvalue weighted by Crippen LogP contribution is 2.36. The van der Waals surface area contributed by atoms with Crippen molar-refractivity contribution in [2.75, 3.05) is 5.32 Å². The highest BCUT2D eigenvalue weighted by molar-refractivity contribution is 7.15. The third-order valence-electron chi connectivity index (χ3n) is 1.86. The van der Waals surface area contributed by atoms with Gasteiger partial charge in [0.15, 0.2) is 0 Å². The van der Waals surface area contributed by atoms with Crippen LogP contribution in [0.2, 0.25) is 10.0 Å².